The third-order valence-electron chi connectivity index (χ3n) is 4.69. The lowest BCUT2D eigenvalue weighted by atomic mass is 10.0. The predicted molar refractivity (Wildman–Crippen MR) is 71.4 cm³/mol. The maximum Gasteiger partial charge on any atom is 0.219 e. The van der Waals surface area contributed by atoms with Crippen LogP contribution in [0, 0.1) is 0 Å². The molecule has 1 saturated carbocycles. The first-order valence-corrected chi connectivity index (χ1v) is 7.48. The van der Waals surface area contributed by atoms with E-state index >= 15 is 0 Å². The standard InChI is InChI=1S/C14H25N3O/c1-11(18)16-7-4-12(5-8-16)15-13-6-9-17(10-13)14-2-3-14/h12-15H,2-10H2,1H3. The fourth-order valence-electron chi connectivity index (χ4n) is 3.39. The summed E-state index contributed by atoms with van der Waals surface area (Å²) < 4.78 is 0. The maximum atomic E-state index is 11.3. The lowest BCUT2D eigenvalue weighted by Crippen LogP contribution is -2.48. The van der Waals surface area contributed by atoms with Gasteiger partial charge in [-0.3, -0.25) is 9.69 Å². The van der Waals surface area contributed by atoms with Crippen molar-refractivity contribution >= 4 is 5.91 Å². The quantitative estimate of drug-likeness (QED) is 0.807. The molecule has 0 aromatic heterocycles. The van der Waals surface area contributed by atoms with Gasteiger partial charge in [-0.1, -0.05) is 0 Å². The highest BCUT2D eigenvalue weighted by molar-refractivity contribution is 5.73. The SMILES string of the molecule is CC(=O)N1CCC(NC2CCN(C3CC3)C2)CC1. The molecule has 1 amide bonds. The fraction of sp³-hybridized carbons (Fsp3) is 0.929. The molecule has 1 atom stereocenters. The lowest BCUT2D eigenvalue weighted by Gasteiger charge is -2.33. The molecule has 0 aromatic carbocycles. The molecule has 1 N–H and O–H groups in total. The van der Waals surface area contributed by atoms with Crippen LogP contribution in [0.3, 0.4) is 0 Å². The van der Waals surface area contributed by atoms with Gasteiger partial charge in [-0.05, 0) is 32.1 Å². The Balaban J connectivity index is 1.40. The number of likely N-dealkylation sites (tertiary alicyclic amines) is 2. The summed E-state index contributed by atoms with van der Waals surface area (Å²) in [6.45, 7) is 6.09. The van der Waals surface area contributed by atoms with Crippen molar-refractivity contribution in [2.75, 3.05) is 26.2 Å². The Bertz CT molecular complexity index is 308. The summed E-state index contributed by atoms with van der Waals surface area (Å²) >= 11 is 0. The number of nitrogens with one attached hydrogen (secondary N) is 1. The zero-order valence-corrected chi connectivity index (χ0v) is 11.4. The topological polar surface area (TPSA) is 35.6 Å². The monoisotopic (exact) mass is 251 g/mol. The minimum absolute atomic E-state index is 0.231. The van der Waals surface area contributed by atoms with Crippen LogP contribution in [-0.2, 0) is 4.79 Å². The number of hydrogen-bond acceptors (Lipinski definition) is 3. The zero-order chi connectivity index (χ0) is 12.5. The van der Waals surface area contributed by atoms with Gasteiger partial charge < -0.3 is 10.2 Å². The molecule has 3 aliphatic rings. The van der Waals surface area contributed by atoms with E-state index in [0.29, 0.717) is 12.1 Å². The third-order valence-corrected chi connectivity index (χ3v) is 4.69. The summed E-state index contributed by atoms with van der Waals surface area (Å²) in [6.07, 6.45) is 6.40. The van der Waals surface area contributed by atoms with Gasteiger partial charge in [0.05, 0.1) is 0 Å². The summed E-state index contributed by atoms with van der Waals surface area (Å²) in [6, 6.07) is 2.24. The number of nitrogens with zero attached hydrogens (tertiary/aromatic N) is 2. The minimum atomic E-state index is 0.231. The molecule has 4 heteroatoms. The average molecular weight is 251 g/mol. The third kappa shape index (κ3) is 2.86. The van der Waals surface area contributed by atoms with Crippen LogP contribution < -0.4 is 5.32 Å². The Labute approximate surface area is 110 Å². The fourth-order valence-corrected chi connectivity index (χ4v) is 3.39. The smallest absolute Gasteiger partial charge is 0.219 e. The molecular weight excluding hydrogens is 226 g/mol. The second-order valence-corrected chi connectivity index (χ2v) is 6.16. The van der Waals surface area contributed by atoms with Gasteiger partial charge in [0, 0.05) is 51.2 Å². The average Bonchev–Trinajstić information content (AvgIpc) is 3.11. The summed E-state index contributed by atoms with van der Waals surface area (Å²) in [4.78, 5) is 15.9. The van der Waals surface area contributed by atoms with E-state index in [9.17, 15) is 4.79 Å². The molecule has 1 aliphatic carbocycles. The zero-order valence-electron chi connectivity index (χ0n) is 11.4. The highest BCUT2D eigenvalue weighted by atomic mass is 16.2. The van der Waals surface area contributed by atoms with Crippen molar-refractivity contribution in [3.8, 4) is 0 Å². The van der Waals surface area contributed by atoms with E-state index in [2.05, 4.69) is 10.2 Å². The number of rotatable bonds is 3. The first-order chi connectivity index (χ1) is 8.72. The molecule has 1 unspecified atom stereocenters. The Morgan fingerprint density at radius 3 is 2.28 bits per heavy atom. The van der Waals surface area contributed by atoms with Crippen molar-refractivity contribution in [2.45, 2.75) is 57.2 Å². The van der Waals surface area contributed by atoms with E-state index in [0.717, 1.165) is 32.0 Å². The van der Waals surface area contributed by atoms with E-state index in [1.165, 1.54) is 32.4 Å². The second-order valence-electron chi connectivity index (χ2n) is 6.16. The van der Waals surface area contributed by atoms with E-state index < -0.39 is 0 Å². The molecule has 0 aromatic rings. The molecule has 4 nitrogen and oxygen atoms in total. The van der Waals surface area contributed by atoms with E-state index in [1.807, 2.05) is 4.90 Å². The number of amides is 1. The van der Waals surface area contributed by atoms with Crippen LogP contribution in [0.4, 0.5) is 0 Å². The highest BCUT2D eigenvalue weighted by Crippen LogP contribution is 2.30. The molecule has 0 spiro atoms. The van der Waals surface area contributed by atoms with Crippen LogP contribution >= 0.6 is 0 Å². The molecule has 102 valence electrons. The molecule has 2 saturated heterocycles. The van der Waals surface area contributed by atoms with Gasteiger partial charge in [-0.2, -0.15) is 0 Å². The first kappa shape index (κ1) is 12.4. The van der Waals surface area contributed by atoms with Gasteiger partial charge in [-0.25, -0.2) is 0 Å². The van der Waals surface area contributed by atoms with Crippen LogP contribution in [0.25, 0.3) is 0 Å². The van der Waals surface area contributed by atoms with E-state index in [4.69, 9.17) is 0 Å². The predicted octanol–water partition coefficient (Wildman–Crippen LogP) is 0.824. The number of carbonyl (C=O) groups is 1. The number of piperidine rings is 1. The van der Waals surface area contributed by atoms with Gasteiger partial charge in [0.25, 0.3) is 0 Å². The van der Waals surface area contributed by atoms with Gasteiger partial charge in [0.2, 0.25) is 5.91 Å². The number of carbonyl (C=O) groups excluding carboxylic acids is 1. The van der Waals surface area contributed by atoms with Gasteiger partial charge in [0.1, 0.15) is 0 Å². The molecule has 2 heterocycles. The van der Waals surface area contributed by atoms with Crippen molar-refractivity contribution in [3.05, 3.63) is 0 Å². The van der Waals surface area contributed by atoms with E-state index in [1.54, 1.807) is 6.92 Å². The van der Waals surface area contributed by atoms with Crippen molar-refractivity contribution in [2.24, 2.45) is 0 Å². The maximum absolute atomic E-state index is 11.3. The van der Waals surface area contributed by atoms with Crippen LogP contribution in [-0.4, -0.2) is 60.0 Å². The Kier molecular flexibility index (Phi) is 3.57. The Hall–Kier alpha value is -0.610. The minimum Gasteiger partial charge on any atom is -0.343 e. The van der Waals surface area contributed by atoms with Gasteiger partial charge in [0.15, 0.2) is 0 Å². The summed E-state index contributed by atoms with van der Waals surface area (Å²) in [5, 5.41) is 3.81. The lowest BCUT2D eigenvalue weighted by molar-refractivity contribution is -0.129. The molecule has 2 aliphatic heterocycles. The first-order valence-electron chi connectivity index (χ1n) is 7.48. The van der Waals surface area contributed by atoms with Crippen molar-refractivity contribution in [1.29, 1.82) is 0 Å². The second kappa shape index (κ2) is 5.17. The van der Waals surface area contributed by atoms with Crippen LogP contribution in [0.1, 0.15) is 39.0 Å². The number of hydrogen-bond donors (Lipinski definition) is 1. The molecular formula is C14H25N3O. The largest absolute Gasteiger partial charge is 0.343 e. The van der Waals surface area contributed by atoms with Crippen LogP contribution in [0.15, 0.2) is 0 Å². The Morgan fingerprint density at radius 1 is 1.00 bits per heavy atom. The Morgan fingerprint density at radius 2 is 1.67 bits per heavy atom. The van der Waals surface area contributed by atoms with Gasteiger partial charge >= 0.3 is 0 Å². The van der Waals surface area contributed by atoms with Crippen LogP contribution in [0.2, 0.25) is 0 Å². The van der Waals surface area contributed by atoms with Gasteiger partial charge in [-0.15, -0.1) is 0 Å². The molecule has 18 heavy (non-hydrogen) atoms. The highest BCUT2D eigenvalue weighted by Gasteiger charge is 2.35. The normalized spacial score (nSPS) is 30.9. The van der Waals surface area contributed by atoms with Crippen LogP contribution in [0.5, 0.6) is 0 Å². The van der Waals surface area contributed by atoms with E-state index in [-0.39, 0.29) is 5.91 Å². The van der Waals surface area contributed by atoms with Crippen molar-refractivity contribution < 1.29 is 4.79 Å². The molecule has 0 radical (unpaired) electrons. The molecule has 3 fully saturated rings. The molecule has 0 bridgehead atoms. The summed E-state index contributed by atoms with van der Waals surface area (Å²) in [7, 11) is 0. The molecule has 3 rings (SSSR count). The summed E-state index contributed by atoms with van der Waals surface area (Å²) in [5.41, 5.74) is 0. The van der Waals surface area contributed by atoms with Crippen molar-refractivity contribution in [3.63, 3.8) is 0 Å². The van der Waals surface area contributed by atoms with Crippen molar-refractivity contribution in [1.82, 2.24) is 15.1 Å². The summed E-state index contributed by atoms with van der Waals surface area (Å²) in [5.74, 6) is 0.231.